The summed E-state index contributed by atoms with van der Waals surface area (Å²) in [4.78, 5) is 0. The first-order chi connectivity index (χ1) is 4.41. The molecular weight excluding hydrogens is 195 g/mol. The van der Waals surface area contributed by atoms with Crippen LogP contribution in [-0.4, -0.2) is 9.52 Å². The zero-order valence-electron chi connectivity index (χ0n) is 7.56. The zero-order valence-corrected chi connectivity index (χ0v) is 10.2. The van der Waals surface area contributed by atoms with E-state index in [0.717, 1.165) is 0 Å². The third-order valence-electron chi connectivity index (χ3n) is 1.41. The highest BCUT2D eigenvalue weighted by molar-refractivity contribution is 6.35. The molecule has 0 aliphatic rings. The zero-order chi connectivity index (χ0) is 6.95. The molecule has 70 valence electrons. The summed E-state index contributed by atoms with van der Waals surface area (Å²) in [6.07, 6.45) is 5.64. The molecule has 0 saturated carbocycles. The van der Waals surface area contributed by atoms with E-state index in [0.29, 0.717) is 0 Å². The second kappa shape index (κ2) is 17.0. The maximum absolute atomic E-state index is 2.27. The Morgan fingerprint density at radius 1 is 0.818 bits per heavy atom. The van der Waals surface area contributed by atoms with Gasteiger partial charge >= 0.3 is 0 Å². The number of hydrogen-bond acceptors (Lipinski definition) is 0. The van der Waals surface area contributed by atoms with Crippen LogP contribution >= 0.6 is 24.8 Å². The molecule has 0 saturated heterocycles. The number of halogens is 2. The highest BCUT2D eigenvalue weighted by Crippen LogP contribution is 1.99. The van der Waals surface area contributed by atoms with Gasteiger partial charge in [-0.2, -0.15) is 0 Å². The van der Waals surface area contributed by atoms with E-state index < -0.39 is 0 Å². The first kappa shape index (κ1) is 17.8. The minimum Gasteiger partial charge on any atom is -0.147 e. The third-order valence-corrected chi connectivity index (χ3v) is 2.83. The summed E-state index contributed by atoms with van der Waals surface area (Å²) >= 11 is 0. The lowest BCUT2D eigenvalue weighted by Crippen LogP contribution is -1.87. The fourth-order valence-electron chi connectivity index (χ4n) is 0.729. The smallest absolute Gasteiger partial charge is 0.0377 e. The van der Waals surface area contributed by atoms with Crippen molar-refractivity contribution >= 4 is 34.3 Å². The molecule has 0 amide bonds. The van der Waals surface area contributed by atoms with E-state index in [-0.39, 0.29) is 24.8 Å². The van der Waals surface area contributed by atoms with Crippen molar-refractivity contribution in [2.75, 3.05) is 0 Å². The summed E-state index contributed by atoms with van der Waals surface area (Å²) in [6, 6.07) is 2.97. The summed E-state index contributed by atoms with van der Waals surface area (Å²) in [5.74, 6) is 0. The molecule has 0 aromatic rings. The van der Waals surface area contributed by atoms with Crippen LogP contribution in [0.2, 0.25) is 12.1 Å². The van der Waals surface area contributed by atoms with E-state index in [1.165, 1.54) is 47.3 Å². The molecule has 0 rings (SSSR count). The second-order valence-corrected chi connectivity index (χ2v) is 3.96. The van der Waals surface area contributed by atoms with Crippen molar-refractivity contribution in [1.29, 1.82) is 0 Å². The lowest BCUT2D eigenvalue weighted by Gasteiger charge is -1.94. The van der Waals surface area contributed by atoms with E-state index in [1.54, 1.807) is 0 Å². The van der Waals surface area contributed by atoms with Gasteiger partial charge in [-0.05, 0) is 0 Å². The quantitative estimate of drug-likeness (QED) is 0.464. The van der Waals surface area contributed by atoms with E-state index >= 15 is 0 Å². The van der Waals surface area contributed by atoms with Crippen molar-refractivity contribution < 1.29 is 0 Å². The summed E-state index contributed by atoms with van der Waals surface area (Å²) in [5, 5.41) is 0. The molecule has 0 aliphatic carbocycles. The summed E-state index contributed by atoms with van der Waals surface area (Å²) < 4.78 is 0. The predicted molar refractivity (Wildman–Crippen MR) is 59.7 cm³/mol. The molecule has 3 heteroatoms. The van der Waals surface area contributed by atoms with Crippen LogP contribution in [0, 0.1) is 0 Å². The second-order valence-electron chi connectivity index (χ2n) is 2.46. The minimum atomic E-state index is 0. The maximum atomic E-state index is 2.27. The summed E-state index contributed by atoms with van der Waals surface area (Å²) in [6.45, 7) is 4.54. The van der Waals surface area contributed by atoms with Gasteiger partial charge in [0.25, 0.3) is 0 Å². The van der Waals surface area contributed by atoms with Crippen molar-refractivity contribution in [2.24, 2.45) is 0 Å². The third kappa shape index (κ3) is 18.1. The van der Waals surface area contributed by atoms with Crippen molar-refractivity contribution in [3.8, 4) is 0 Å². The molecule has 0 atom stereocenters. The lowest BCUT2D eigenvalue weighted by atomic mass is 10.4. The van der Waals surface area contributed by atoms with E-state index in [4.69, 9.17) is 0 Å². The Morgan fingerprint density at radius 3 is 1.45 bits per heavy atom. The van der Waals surface area contributed by atoms with Gasteiger partial charge in [-0.3, -0.25) is 0 Å². The molecule has 0 aromatic heterocycles. The molecule has 0 aliphatic heterocycles. The van der Waals surface area contributed by atoms with Gasteiger partial charge in [0, 0.05) is 9.52 Å². The van der Waals surface area contributed by atoms with Crippen molar-refractivity contribution in [1.82, 2.24) is 0 Å². The normalized spacial score (nSPS) is 8.18. The predicted octanol–water partition coefficient (Wildman–Crippen LogP) is 3.97. The average Bonchev–Trinajstić information content (AvgIpc) is 1.89. The standard InChI is InChI=1S/C8H18Si.2ClH/c1-3-5-7-9-8-6-4-2;;/h3-8H2,1-2H3;2*1H. The Kier molecular flexibility index (Phi) is 27.5. The van der Waals surface area contributed by atoms with Crippen LogP contribution in [0.25, 0.3) is 0 Å². The Balaban J connectivity index is -0.000000320. The van der Waals surface area contributed by atoms with Gasteiger partial charge in [-0.15, -0.1) is 24.8 Å². The molecule has 0 aromatic carbocycles. The maximum Gasteiger partial charge on any atom is 0.0377 e. The van der Waals surface area contributed by atoms with Crippen LogP contribution < -0.4 is 0 Å². The largest absolute Gasteiger partial charge is 0.147 e. The van der Waals surface area contributed by atoms with Gasteiger partial charge in [0.2, 0.25) is 0 Å². The summed E-state index contributed by atoms with van der Waals surface area (Å²) in [7, 11) is 1.25. The molecule has 0 fully saturated rings. The van der Waals surface area contributed by atoms with E-state index in [2.05, 4.69) is 13.8 Å². The van der Waals surface area contributed by atoms with E-state index in [1.807, 2.05) is 0 Å². The van der Waals surface area contributed by atoms with Crippen LogP contribution in [0.3, 0.4) is 0 Å². The highest BCUT2D eigenvalue weighted by Gasteiger charge is 1.87. The Morgan fingerprint density at radius 2 is 1.18 bits per heavy atom. The molecule has 11 heavy (non-hydrogen) atoms. The monoisotopic (exact) mass is 214 g/mol. The molecule has 2 radical (unpaired) electrons. The van der Waals surface area contributed by atoms with Crippen LogP contribution in [-0.2, 0) is 0 Å². The molecule has 0 spiro atoms. The van der Waals surface area contributed by atoms with Gasteiger partial charge in [0.15, 0.2) is 0 Å². The van der Waals surface area contributed by atoms with Crippen molar-refractivity contribution in [2.45, 2.75) is 51.6 Å². The molecule has 0 bridgehead atoms. The van der Waals surface area contributed by atoms with Crippen LogP contribution in [0.1, 0.15) is 39.5 Å². The first-order valence-corrected chi connectivity index (χ1v) is 5.54. The van der Waals surface area contributed by atoms with Crippen molar-refractivity contribution in [3.05, 3.63) is 0 Å². The van der Waals surface area contributed by atoms with Gasteiger partial charge in [0.05, 0.1) is 0 Å². The van der Waals surface area contributed by atoms with Gasteiger partial charge < -0.3 is 0 Å². The fraction of sp³-hybridized carbons (Fsp3) is 1.00. The van der Waals surface area contributed by atoms with Crippen LogP contribution in [0.5, 0.6) is 0 Å². The topological polar surface area (TPSA) is 0 Å². The molecule has 0 N–H and O–H groups in total. The van der Waals surface area contributed by atoms with Gasteiger partial charge in [-0.1, -0.05) is 51.6 Å². The molecule has 0 unspecified atom stereocenters. The molecule has 0 nitrogen and oxygen atoms in total. The fourth-order valence-corrected chi connectivity index (χ4v) is 2.19. The number of rotatable bonds is 6. The summed E-state index contributed by atoms with van der Waals surface area (Å²) in [5.41, 5.74) is 0. The van der Waals surface area contributed by atoms with E-state index in [9.17, 15) is 0 Å². The van der Waals surface area contributed by atoms with Crippen LogP contribution in [0.15, 0.2) is 0 Å². The lowest BCUT2D eigenvalue weighted by molar-refractivity contribution is 0.851. The van der Waals surface area contributed by atoms with Gasteiger partial charge in [0.1, 0.15) is 0 Å². The van der Waals surface area contributed by atoms with Crippen molar-refractivity contribution in [3.63, 3.8) is 0 Å². The first-order valence-electron chi connectivity index (χ1n) is 4.12. The number of unbranched alkanes of at least 4 members (excludes halogenated alkanes) is 2. The highest BCUT2D eigenvalue weighted by atomic mass is 35.5. The SMILES string of the molecule is CCCC[Si]CCCC.Cl.Cl. The van der Waals surface area contributed by atoms with Crippen LogP contribution in [0.4, 0.5) is 0 Å². The van der Waals surface area contributed by atoms with Gasteiger partial charge in [-0.25, -0.2) is 0 Å². The number of hydrogen-bond donors (Lipinski definition) is 0. The Hall–Kier alpha value is 0.797. The Bertz CT molecular complexity index is 45.4. The molecule has 0 heterocycles. The minimum absolute atomic E-state index is 0. The Labute approximate surface area is 86.2 Å². The average molecular weight is 215 g/mol. The molecular formula is C8H20Cl2Si.